The fourth-order valence-electron chi connectivity index (χ4n) is 2.31. The second-order valence-corrected chi connectivity index (χ2v) is 5.64. The van der Waals surface area contributed by atoms with E-state index in [1.54, 1.807) is 0 Å². The van der Waals surface area contributed by atoms with Crippen molar-refractivity contribution in [3.63, 3.8) is 0 Å². The van der Waals surface area contributed by atoms with Crippen LogP contribution >= 0.6 is 0 Å². The molecule has 1 heterocycles. The molecule has 0 saturated carbocycles. The van der Waals surface area contributed by atoms with Crippen molar-refractivity contribution in [2.75, 3.05) is 73.0 Å². The molecule has 0 bridgehead atoms. The Bertz CT molecular complexity index is 250. The van der Waals surface area contributed by atoms with E-state index in [0.717, 1.165) is 45.7 Å². The van der Waals surface area contributed by atoms with E-state index in [2.05, 4.69) is 29.2 Å². The summed E-state index contributed by atoms with van der Waals surface area (Å²) >= 11 is 0. The summed E-state index contributed by atoms with van der Waals surface area (Å²) in [6.45, 7) is 5.61. The average Bonchev–Trinajstić information content (AvgIpc) is 2.33. The van der Waals surface area contributed by atoms with Crippen LogP contribution < -0.4 is 5.32 Å². The van der Waals surface area contributed by atoms with Crippen molar-refractivity contribution in [1.82, 2.24) is 20.0 Å². The molecule has 0 aliphatic carbocycles. The van der Waals surface area contributed by atoms with Crippen LogP contribution in [0.1, 0.15) is 6.42 Å². The highest BCUT2D eigenvalue weighted by molar-refractivity contribution is 4.74. The van der Waals surface area contributed by atoms with E-state index in [1.807, 2.05) is 0 Å². The lowest BCUT2D eigenvalue weighted by atomic mass is 10.3. The Labute approximate surface area is 119 Å². The minimum absolute atomic E-state index is 0.514. The molecule has 1 saturated heterocycles. The van der Waals surface area contributed by atoms with Gasteiger partial charge >= 0.3 is 6.18 Å². The topological polar surface area (TPSA) is 21.8 Å². The van der Waals surface area contributed by atoms with Crippen LogP contribution in [-0.2, 0) is 0 Å². The van der Waals surface area contributed by atoms with Crippen LogP contribution in [0.3, 0.4) is 0 Å². The van der Waals surface area contributed by atoms with Crippen LogP contribution in [0.15, 0.2) is 0 Å². The number of alkyl halides is 3. The van der Waals surface area contributed by atoms with E-state index in [-0.39, 0.29) is 0 Å². The molecule has 0 radical (unpaired) electrons. The van der Waals surface area contributed by atoms with Gasteiger partial charge < -0.3 is 10.2 Å². The molecular formula is C13H27F3N4. The van der Waals surface area contributed by atoms with Crippen LogP contribution in [0.4, 0.5) is 13.2 Å². The van der Waals surface area contributed by atoms with E-state index in [4.69, 9.17) is 0 Å². The zero-order valence-corrected chi connectivity index (χ0v) is 12.5. The van der Waals surface area contributed by atoms with Gasteiger partial charge in [0.05, 0.1) is 6.54 Å². The Morgan fingerprint density at radius 3 is 2.15 bits per heavy atom. The minimum atomic E-state index is -4.07. The zero-order valence-electron chi connectivity index (χ0n) is 12.5. The maximum Gasteiger partial charge on any atom is 0.401 e. The molecule has 20 heavy (non-hydrogen) atoms. The molecule has 1 fully saturated rings. The van der Waals surface area contributed by atoms with Crippen molar-refractivity contribution in [2.45, 2.75) is 12.6 Å². The monoisotopic (exact) mass is 296 g/mol. The van der Waals surface area contributed by atoms with Crippen molar-refractivity contribution >= 4 is 0 Å². The molecule has 0 unspecified atom stereocenters. The summed E-state index contributed by atoms with van der Waals surface area (Å²) in [5, 5.41) is 3.38. The van der Waals surface area contributed by atoms with Crippen LogP contribution in [-0.4, -0.2) is 93.9 Å². The van der Waals surface area contributed by atoms with Crippen LogP contribution in [0.2, 0.25) is 0 Å². The standard InChI is InChI=1S/C13H27F3N4/c1-18(2)6-3-4-17-5-7-19-8-10-20(11-9-19)12-13(14,15)16/h17H,3-12H2,1-2H3. The molecule has 0 spiro atoms. The summed E-state index contributed by atoms with van der Waals surface area (Å²) in [6, 6.07) is 0. The number of halogens is 3. The summed E-state index contributed by atoms with van der Waals surface area (Å²) in [5.74, 6) is 0. The van der Waals surface area contributed by atoms with E-state index < -0.39 is 12.7 Å². The smallest absolute Gasteiger partial charge is 0.315 e. The molecular weight excluding hydrogens is 269 g/mol. The molecule has 120 valence electrons. The number of piperazine rings is 1. The highest BCUT2D eigenvalue weighted by Crippen LogP contribution is 2.17. The normalized spacial score (nSPS) is 18.9. The Kier molecular flexibility index (Phi) is 7.79. The van der Waals surface area contributed by atoms with Crippen molar-refractivity contribution < 1.29 is 13.2 Å². The number of rotatable bonds is 8. The van der Waals surface area contributed by atoms with Crippen molar-refractivity contribution in [1.29, 1.82) is 0 Å². The SMILES string of the molecule is CN(C)CCCNCCN1CCN(CC(F)(F)F)CC1. The number of hydrogen-bond acceptors (Lipinski definition) is 4. The van der Waals surface area contributed by atoms with Crippen molar-refractivity contribution in [2.24, 2.45) is 0 Å². The summed E-state index contributed by atoms with van der Waals surface area (Å²) in [7, 11) is 4.11. The molecule has 0 aromatic rings. The molecule has 0 atom stereocenters. The lowest BCUT2D eigenvalue weighted by molar-refractivity contribution is -0.149. The van der Waals surface area contributed by atoms with Gasteiger partial charge in [0, 0.05) is 39.3 Å². The van der Waals surface area contributed by atoms with Gasteiger partial charge in [0.2, 0.25) is 0 Å². The predicted molar refractivity (Wildman–Crippen MR) is 75.0 cm³/mol. The average molecular weight is 296 g/mol. The first kappa shape index (κ1) is 17.7. The van der Waals surface area contributed by atoms with Gasteiger partial charge in [-0.15, -0.1) is 0 Å². The van der Waals surface area contributed by atoms with E-state index in [0.29, 0.717) is 13.1 Å². The van der Waals surface area contributed by atoms with E-state index in [1.165, 1.54) is 4.90 Å². The minimum Gasteiger partial charge on any atom is -0.315 e. The number of nitrogens with one attached hydrogen (secondary N) is 1. The fourth-order valence-corrected chi connectivity index (χ4v) is 2.31. The Balaban J connectivity index is 2.00. The Morgan fingerprint density at radius 1 is 1.00 bits per heavy atom. The molecule has 1 aliphatic heterocycles. The van der Waals surface area contributed by atoms with Crippen LogP contribution in [0.25, 0.3) is 0 Å². The molecule has 1 rings (SSSR count). The van der Waals surface area contributed by atoms with Crippen molar-refractivity contribution in [3.8, 4) is 0 Å². The van der Waals surface area contributed by atoms with Gasteiger partial charge in [0.25, 0.3) is 0 Å². The molecule has 7 heteroatoms. The van der Waals surface area contributed by atoms with Gasteiger partial charge in [-0.2, -0.15) is 13.2 Å². The molecule has 0 aromatic heterocycles. The molecule has 0 amide bonds. The van der Waals surface area contributed by atoms with Gasteiger partial charge in [-0.3, -0.25) is 9.80 Å². The van der Waals surface area contributed by atoms with Crippen LogP contribution in [0.5, 0.6) is 0 Å². The first-order chi connectivity index (χ1) is 9.37. The van der Waals surface area contributed by atoms with Gasteiger partial charge in [-0.25, -0.2) is 0 Å². The van der Waals surface area contributed by atoms with E-state index in [9.17, 15) is 13.2 Å². The maximum absolute atomic E-state index is 12.2. The number of nitrogens with zero attached hydrogens (tertiary/aromatic N) is 3. The maximum atomic E-state index is 12.2. The first-order valence-electron chi connectivity index (χ1n) is 7.24. The first-order valence-corrected chi connectivity index (χ1v) is 7.24. The van der Waals surface area contributed by atoms with E-state index >= 15 is 0 Å². The second-order valence-electron chi connectivity index (χ2n) is 5.64. The third-order valence-electron chi connectivity index (χ3n) is 3.43. The highest BCUT2D eigenvalue weighted by atomic mass is 19.4. The molecule has 4 nitrogen and oxygen atoms in total. The molecule has 0 aromatic carbocycles. The lowest BCUT2D eigenvalue weighted by Crippen LogP contribution is -2.50. The van der Waals surface area contributed by atoms with Crippen molar-refractivity contribution in [3.05, 3.63) is 0 Å². The largest absolute Gasteiger partial charge is 0.401 e. The van der Waals surface area contributed by atoms with Gasteiger partial charge in [-0.05, 0) is 33.6 Å². The Morgan fingerprint density at radius 2 is 1.60 bits per heavy atom. The quantitative estimate of drug-likeness (QED) is 0.666. The Hall–Kier alpha value is -0.370. The lowest BCUT2D eigenvalue weighted by Gasteiger charge is -2.34. The third-order valence-corrected chi connectivity index (χ3v) is 3.43. The third kappa shape index (κ3) is 8.73. The zero-order chi connectivity index (χ0) is 15.0. The van der Waals surface area contributed by atoms with Gasteiger partial charge in [0.15, 0.2) is 0 Å². The highest BCUT2D eigenvalue weighted by Gasteiger charge is 2.31. The van der Waals surface area contributed by atoms with Gasteiger partial charge in [-0.1, -0.05) is 0 Å². The summed E-state index contributed by atoms with van der Waals surface area (Å²) < 4.78 is 36.7. The van der Waals surface area contributed by atoms with Gasteiger partial charge in [0.1, 0.15) is 0 Å². The molecule has 1 N–H and O–H groups in total. The van der Waals surface area contributed by atoms with Crippen LogP contribution in [0, 0.1) is 0 Å². The molecule has 1 aliphatic rings. The second kappa shape index (κ2) is 8.81. The summed E-state index contributed by atoms with van der Waals surface area (Å²) in [4.78, 5) is 5.87. The predicted octanol–water partition coefficient (Wildman–Crippen LogP) is 0.708. The number of hydrogen-bond donors (Lipinski definition) is 1. The summed E-state index contributed by atoms with van der Waals surface area (Å²) in [5.41, 5.74) is 0. The summed E-state index contributed by atoms with van der Waals surface area (Å²) in [6.07, 6.45) is -2.96. The fraction of sp³-hybridized carbons (Fsp3) is 1.00.